The molecule has 3 aromatic carbocycles. The summed E-state index contributed by atoms with van der Waals surface area (Å²) in [6, 6.07) is 23.4. The van der Waals surface area contributed by atoms with Gasteiger partial charge in [0.1, 0.15) is 11.5 Å². The van der Waals surface area contributed by atoms with Gasteiger partial charge in [0, 0.05) is 18.1 Å². The van der Waals surface area contributed by atoms with E-state index in [1.165, 1.54) is 22.8 Å². The van der Waals surface area contributed by atoms with Gasteiger partial charge in [0.2, 0.25) is 16.7 Å². The molecule has 1 aliphatic rings. The summed E-state index contributed by atoms with van der Waals surface area (Å²) < 4.78 is 13.6. The summed E-state index contributed by atoms with van der Waals surface area (Å²) in [5.74, 6) is 2.76. The maximum Gasteiger partial charge on any atom is 0.223 e. The molecule has 0 saturated carbocycles. The smallest absolute Gasteiger partial charge is 0.223 e. The van der Waals surface area contributed by atoms with E-state index in [4.69, 9.17) is 9.47 Å². The summed E-state index contributed by atoms with van der Waals surface area (Å²) in [6.07, 6.45) is 7.15. The van der Waals surface area contributed by atoms with Crippen LogP contribution in [0.3, 0.4) is 0 Å². The van der Waals surface area contributed by atoms with Gasteiger partial charge in [-0.25, -0.2) is 0 Å². The Morgan fingerprint density at radius 2 is 1.35 bits per heavy atom. The predicted molar refractivity (Wildman–Crippen MR) is 126 cm³/mol. The molecule has 31 heavy (non-hydrogen) atoms. The number of ether oxygens (including phenoxy) is 2. The Balaban J connectivity index is 1.94. The minimum absolute atomic E-state index is 0.397. The third kappa shape index (κ3) is 3.44. The Labute approximate surface area is 183 Å². The van der Waals surface area contributed by atoms with Crippen molar-refractivity contribution in [3.8, 4) is 17.2 Å². The van der Waals surface area contributed by atoms with Crippen molar-refractivity contribution >= 4 is 21.8 Å². The number of aromatic nitrogens is 1. The molecule has 2 atom stereocenters. The minimum Gasteiger partial charge on any atom is -0.497 e. The first-order valence-electron chi connectivity index (χ1n) is 11.0. The van der Waals surface area contributed by atoms with Crippen molar-refractivity contribution in [2.45, 2.75) is 25.7 Å². The lowest BCUT2D eigenvalue weighted by atomic mass is 9.82. The second-order valence-corrected chi connectivity index (χ2v) is 8.40. The van der Waals surface area contributed by atoms with Crippen LogP contribution < -0.4 is 14.0 Å². The van der Waals surface area contributed by atoms with Gasteiger partial charge < -0.3 is 9.47 Å². The molecular weight excluding hydrogens is 382 g/mol. The van der Waals surface area contributed by atoms with Gasteiger partial charge in [-0.3, -0.25) is 0 Å². The van der Waals surface area contributed by atoms with Gasteiger partial charge >= 0.3 is 0 Å². The number of allylic oxidation sites excluding steroid dienone is 2. The lowest BCUT2D eigenvalue weighted by Crippen LogP contribution is -2.33. The van der Waals surface area contributed by atoms with E-state index in [0.29, 0.717) is 11.8 Å². The van der Waals surface area contributed by atoms with E-state index in [1.807, 2.05) is 0 Å². The van der Waals surface area contributed by atoms with E-state index in [9.17, 15) is 0 Å². The number of pyridine rings is 1. The van der Waals surface area contributed by atoms with Crippen LogP contribution in [0.15, 0.2) is 78.9 Å². The SMILES string of the molecule is COc1ccc2c(C3C=CC(C)CC3)c3ccc(OC)cc3[n+](-c3ccccc3)c2c1. The summed E-state index contributed by atoms with van der Waals surface area (Å²) in [6.45, 7) is 2.30. The largest absolute Gasteiger partial charge is 0.497 e. The summed E-state index contributed by atoms with van der Waals surface area (Å²) in [4.78, 5) is 0. The lowest BCUT2D eigenvalue weighted by molar-refractivity contribution is -0.538. The molecule has 4 aromatic rings. The highest BCUT2D eigenvalue weighted by Crippen LogP contribution is 2.39. The van der Waals surface area contributed by atoms with Crippen LogP contribution in [-0.4, -0.2) is 14.2 Å². The number of hydrogen-bond acceptors (Lipinski definition) is 2. The first-order valence-corrected chi connectivity index (χ1v) is 11.0. The first kappa shape index (κ1) is 19.6. The van der Waals surface area contributed by atoms with Gasteiger partial charge in [-0.2, -0.15) is 4.57 Å². The van der Waals surface area contributed by atoms with Crippen LogP contribution in [-0.2, 0) is 0 Å². The standard InChI is InChI=1S/C28H28NO2/c1-19-9-11-20(12-10-19)28-24-15-13-22(30-2)17-26(24)29(21-7-5-4-6-8-21)27-18-23(31-3)14-16-25(27)28/h4-9,11,13-20H,10,12H2,1-3H3/q+1. The highest BCUT2D eigenvalue weighted by molar-refractivity contribution is 5.96. The molecule has 0 aliphatic heterocycles. The molecule has 0 radical (unpaired) electrons. The quantitative estimate of drug-likeness (QED) is 0.222. The molecule has 156 valence electrons. The Morgan fingerprint density at radius 1 is 0.742 bits per heavy atom. The fraction of sp³-hybridized carbons (Fsp3) is 0.250. The van der Waals surface area contributed by atoms with Crippen LogP contribution in [0, 0.1) is 5.92 Å². The summed E-state index contributed by atoms with van der Waals surface area (Å²) >= 11 is 0. The number of para-hydroxylation sites is 1. The summed E-state index contributed by atoms with van der Waals surface area (Å²) in [5.41, 5.74) is 4.81. The average Bonchev–Trinajstić information content (AvgIpc) is 2.83. The molecule has 1 aromatic heterocycles. The van der Waals surface area contributed by atoms with E-state index >= 15 is 0 Å². The third-order valence-electron chi connectivity index (χ3n) is 6.46. The van der Waals surface area contributed by atoms with Crippen molar-refractivity contribution in [3.05, 3.63) is 84.4 Å². The zero-order chi connectivity index (χ0) is 21.4. The Bertz CT molecular complexity index is 1210. The van der Waals surface area contributed by atoms with E-state index in [2.05, 4.69) is 90.4 Å². The van der Waals surface area contributed by atoms with Crippen LogP contribution in [0.25, 0.3) is 27.5 Å². The summed E-state index contributed by atoms with van der Waals surface area (Å²) in [7, 11) is 3.45. The van der Waals surface area contributed by atoms with Crippen molar-refractivity contribution in [1.29, 1.82) is 0 Å². The highest BCUT2D eigenvalue weighted by atomic mass is 16.5. The normalized spacial score (nSPS) is 18.4. The first-order chi connectivity index (χ1) is 15.2. The molecule has 0 amide bonds. The van der Waals surface area contributed by atoms with Gasteiger partial charge in [0.15, 0.2) is 0 Å². The molecule has 0 fully saturated rings. The van der Waals surface area contributed by atoms with E-state index in [-0.39, 0.29) is 0 Å². The summed E-state index contributed by atoms with van der Waals surface area (Å²) in [5, 5.41) is 2.54. The molecule has 0 spiro atoms. The maximum atomic E-state index is 5.62. The topological polar surface area (TPSA) is 22.3 Å². The minimum atomic E-state index is 0.397. The monoisotopic (exact) mass is 410 g/mol. The number of fused-ring (bicyclic) bond motifs is 2. The van der Waals surface area contributed by atoms with Crippen LogP contribution >= 0.6 is 0 Å². The van der Waals surface area contributed by atoms with E-state index in [1.54, 1.807) is 14.2 Å². The highest BCUT2D eigenvalue weighted by Gasteiger charge is 2.27. The van der Waals surface area contributed by atoms with E-state index in [0.717, 1.165) is 34.6 Å². The number of nitrogens with zero attached hydrogens (tertiary/aromatic N) is 1. The van der Waals surface area contributed by atoms with Crippen molar-refractivity contribution < 1.29 is 14.0 Å². The van der Waals surface area contributed by atoms with Crippen LogP contribution in [0.2, 0.25) is 0 Å². The lowest BCUT2D eigenvalue weighted by Gasteiger charge is -2.23. The molecule has 1 aliphatic carbocycles. The fourth-order valence-corrected chi connectivity index (χ4v) is 4.83. The molecule has 1 heterocycles. The van der Waals surface area contributed by atoms with Crippen LogP contribution in [0.4, 0.5) is 0 Å². The second-order valence-electron chi connectivity index (χ2n) is 8.40. The van der Waals surface area contributed by atoms with Crippen LogP contribution in [0.5, 0.6) is 11.5 Å². The molecule has 0 N–H and O–H groups in total. The van der Waals surface area contributed by atoms with E-state index < -0.39 is 0 Å². The molecule has 0 saturated heterocycles. The van der Waals surface area contributed by atoms with Gasteiger partial charge in [0.25, 0.3) is 0 Å². The Morgan fingerprint density at radius 3 is 1.87 bits per heavy atom. The fourth-order valence-electron chi connectivity index (χ4n) is 4.83. The average molecular weight is 411 g/mol. The van der Waals surface area contributed by atoms with Gasteiger partial charge in [-0.05, 0) is 48.6 Å². The number of benzene rings is 3. The number of methoxy groups -OCH3 is 2. The molecular formula is C28H28NO2+. The van der Waals surface area contributed by atoms with Gasteiger partial charge in [-0.1, -0.05) is 37.3 Å². The number of rotatable bonds is 4. The predicted octanol–water partition coefficient (Wildman–Crippen LogP) is 6.36. The zero-order valence-corrected chi connectivity index (χ0v) is 18.3. The molecule has 0 bridgehead atoms. The van der Waals surface area contributed by atoms with Crippen molar-refractivity contribution in [2.24, 2.45) is 5.92 Å². The molecule has 3 heteroatoms. The maximum absolute atomic E-state index is 5.62. The third-order valence-corrected chi connectivity index (χ3v) is 6.46. The van der Waals surface area contributed by atoms with Gasteiger partial charge in [-0.15, -0.1) is 0 Å². The number of hydrogen-bond donors (Lipinski definition) is 0. The van der Waals surface area contributed by atoms with Crippen molar-refractivity contribution in [3.63, 3.8) is 0 Å². The zero-order valence-electron chi connectivity index (χ0n) is 18.3. The molecule has 3 nitrogen and oxygen atoms in total. The van der Waals surface area contributed by atoms with Crippen molar-refractivity contribution in [2.75, 3.05) is 14.2 Å². The second kappa shape index (κ2) is 8.07. The molecule has 2 unspecified atom stereocenters. The van der Waals surface area contributed by atoms with Gasteiger partial charge in [0.05, 0.1) is 37.1 Å². The Kier molecular flexibility index (Phi) is 5.11. The Hall–Kier alpha value is -3.33. The van der Waals surface area contributed by atoms with Crippen molar-refractivity contribution in [1.82, 2.24) is 0 Å². The molecule has 5 rings (SSSR count). The van der Waals surface area contributed by atoms with Crippen LogP contribution in [0.1, 0.15) is 31.2 Å².